The fraction of sp³-hybridized carbons (Fsp3) is 0.657. The first-order valence-corrected chi connectivity index (χ1v) is 15.7. The highest BCUT2D eigenvalue weighted by atomic mass is 19.3. The summed E-state index contributed by atoms with van der Waals surface area (Å²) in [6.07, 6.45) is 13.9. The van der Waals surface area contributed by atoms with Crippen molar-refractivity contribution in [3.63, 3.8) is 0 Å². The number of unbranched alkanes of at least 4 members (excludes halogenated alkanes) is 2. The minimum atomic E-state index is -3.31. The average Bonchev–Trinajstić information content (AvgIpc) is 2.94. The third-order valence-electron chi connectivity index (χ3n) is 9.53. The summed E-state index contributed by atoms with van der Waals surface area (Å²) in [4.78, 5) is 0. The summed E-state index contributed by atoms with van der Waals surface area (Å²) in [5, 5.41) is 0. The molecule has 1 unspecified atom stereocenters. The topological polar surface area (TPSA) is 9.23 Å². The summed E-state index contributed by atoms with van der Waals surface area (Å²) >= 11 is 0. The number of hydrogen-bond donors (Lipinski definition) is 0. The quantitative estimate of drug-likeness (QED) is 0.251. The Kier molecular flexibility index (Phi) is 10.8. The molecular formula is C35H50F2O. The van der Waals surface area contributed by atoms with Crippen molar-refractivity contribution in [3.05, 3.63) is 70.8 Å². The number of ether oxygens (including phenoxy) is 1. The maximum absolute atomic E-state index is 15.1. The Balaban J connectivity index is 1.28. The van der Waals surface area contributed by atoms with Gasteiger partial charge in [0, 0.05) is 0 Å². The number of halogens is 2. The Morgan fingerprint density at radius 1 is 0.684 bits per heavy atom. The molecule has 0 aromatic heterocycles. The molecule has 38 heavy (non-hydrogen) atoms. The molecule has 4 rings (SSSR count). The van der Waals surface area contributed by atoms with E-state index >= 15 is 8.78 Å². The minimum Gasteiger partial charge on any atom is -0.309 e. The minimum absolute atomic E-state index is 0.0539. The zero-order chi connectivity index (χ0) is 27.0. The van der Waals surface area contributed by atoms with Crippen molar-refractivity contribution in [1.29, 1.82) is 0 Å². The van der Waals surface area contributed by atoms with Crippen LogP contribution in [0.4, 0.5) is 8.78 Å². The van der Waals surface area contributed by atoms with Crippen molar-refractivity contribution in [3.8, 4) is 0 Å². The standard InChI is InChI=1S/C35H50F2O/c1-4-6-7-9-28-12-16-31(17-13-28)33-22-24-34(25-23-33)35(36,37)38-26(3)29-18-20-32(21-19-29)30-14-10-27(8-5-2)11-15-30/h18-28,30-31H,4-17H2,1-3H3. The number of alkyl halides is 2. The molecule has 0 N–H and O–H groups in total. The second-order valence-corrected chi connectivity index (χ2v) is 12.3. The van der Waals surface area contributed by atoms with E-state index in [4.69, 9.17) is 4.74 Å². The van der Waals surface area contributed by atoms with Gasteiger partial charge in [0.25, 0.3) is 0 Å². The molecule has 0 spiro atoms. The van der Waals surface area contributed by atoms with Crippen molar-refractivity contribution in [2.75, 3.05) is 0 Å². The van der Waals surface area contributed by atoms with Gasteiger partial charge < -0.3 is 4.74 Å². The number of benzene rings is 2. The van der Waals surface area contributed by atoms with Crippen molar-refractivity contribution in [2.24, 2.45) is 11.8 Å². The van der Waals surface area contributed by atoms with Gasteiger partial charge in [0.15, 0.2) is 0 Å². The molecule has 0 heterocycles. The first-order valence-electron chi connectivity index (χ1n) is 15.7. The van der Waals surface area contributed by atoms with Crippen LogP contribution in [0.3, 0.4) is 0 Å². The zero-order valence-corrected chi connectivity index (χ0v) is 24.1. The van der Waals surface area contributed by atoms with Gasteiger partial charge in [-0.05, 0) is 98.7 Å². The Labute approximate surface area is 230 Å². The molecular weight excluding hydrogens is 474 g/mol. The van der Waals surface area contributed by atoms with Crippen LogP contribution in [0.1, 0.15) is 151 Å². The Morgan fingerprint density at radius 3 is 1.68 bits per heavy atom. The van der Waals surface area contributed by atoms with E-state index in [-0.39, 0.29) is 5.56 Å². The summed E-state index contributed by atoms with van der Waals surface area (Å²) in [5.41, 5.74) is 3.29. The van der Waals surface area contributed by atoms with E-state index in [0.29, 0.717) is 11.8 Å². The van der Waals surface area contributed by atoms with E-state index in [9.17, 15) is 0 Å². The van der Waals surface area contributed by atoms with Crippen LogP contribution in [-0.4, -0.2) is 0 Å². The van der Waals surface area contributed by atoms with Gasteiger partial charge in [-0.3, -0.25) is 0 Å². The molecule has 2 fully saturated rings. The van der Waals surface area contributed by atoms with Gasteiger partial charge in [-0.25, -0.2) is 0 Å². The lowest BCUT2D eigenvalue weighted by Crippen LogP contribution is -2.21. The maximum atomic E-state index is 15.1. The number of hydrogen-bond acceptors (Lipinski definition) is 1. The van der Waals surface area contributed by atoms with E-state index in [1.165, 1.54) is 101 Å². The Morgan fingerprint density at radius 2 is 1.18 bits per heavy atom. The first-order chi connectivity index (χ1) is 18.4. The fourth-order valence-corrected chi connectivity index (χ4v) is 7.01. The molecule has 2 aliphatic rings. The van der Waals surface area contributed by atoms with Gasteiger partial charge in [-0.1, -0.05) is 101 Å². The zero-order valence-electron chi connectivity index (χ0n) is 24.1. The van der Waals surface area contributed by atoms with Gasteiger partial charge in [-0.15, -0.1) is 0 Å². The maximum Gasteiger partial charge on any atom is 0.383 e. The van der Waals surface area contributed by atoms with Crippen LogP contribution in [0.5, 0.6) is 0 Å². The first kappa shape index (κ1) is 29.2. The van der Waals surface area contributed by atoms with Gasteiger partial charge >= 0.3 is 6.11 Å². The smallest absolute Gasteiger partial charge is 0.309 e. The summed E-state index contributed by atoms with van der Waals surface area (Å²) in [7, 11) is 0. The third-order valence-corrected chi connectivity index (χ3v) is 9.53. The van der Waals surface area contributed by atoms with Gasteiger partial charge in [0.2, 0.25) is 0 Å². The van der Waals surface area contributed by atoms with Crippen LogP contribution in [0, 0.1) is 11.8 Å². The molecule has 0 radical (unpaired) electrons. The van der Waals surface area contributed by atoms with Crippen LogP contribution in [0.25, 0.3) is 0 Å². The average molecular weight is 525 g/mol. The number of rotatable bonds is 12. The lowest BCUT2D eigenvalue weighted by Gasteiger charge is -2.29. The summed E-state index contributed by atoms with van der Waals surface area (Å²) < 4.78 is 35.6. The Bertz CT molecular complexity index is 935. The summed E-state index contributed by atoms with van der Waals surface area (Å²) in [6, 6.07) is 15.2. The Hall–Kier alpha value is -1.74. The van der Waals surface area contributed by atoms with E-state index < -0.39 is 12.2 Å². The van der Waals surface area contributed by atoms with E-state index in [0.717, 1.165) is 17.4 Å². The predicted molar refractivity (Wildman–Crippen MR) is 155 cm³/mol. The van der Waals surface area contributed by atoms with Crippen molar-refractivity contribution in [1.82, 2.24) is 0 Å². The van der Waals surface area contributed by atoms with Crippen molar-refractivity contribution < 1.29 is 13.5 Å². The molecule has 2 saturated carbocycles. The van der Waals surface area contributed by atoms with Crippen LogP contribution in [0.2, 0.25) is 0 Å². The highest BCUT2D eigenvalue weighted by molar-refractivity contribution is 5.29. The van der Waals surface area contributed by atoms with Crippen molar-refractivity contribution in [2.45, 2.75) is 135 Å². The molecule has 210 valence electrons. The fourth-order valence-electron chi connectivity index (χ4n) is 7.01. The second kappa shape index (κ2) is 14.1. The van der Waals surface area contributed by atoms with Crippen molar-refractivity contribution >= 4 is 0 Å². The second-order valence-electron chi connectivity index (χ2n) is 12.3. The van der Waals surface area contributed by atoms with Crippen LogP contribution >= 0.6 is 0 Å². The van der Waals surface area contributed by atoms with E-state index in [1.807, 2.05) is 24.3 Å². The predicted octanol–water partition coefficient (Wildman–Crippen LogP) is 11.4. The molecule has 3 heteroatoms. The van der Waals surface area contributed by atoms with Gasteiger partial charge in [0.1, 0.15) is 0 Å². The molecule has 0 amide bonds. The molecule has 1 atom stereocenters. The molecule has 2 aromatic rings. The molecule has 0 bridgehead atoms. The van der Waals surface area contributed by atoms with Crippen LogP contribution in [-0.2, 0) is 10.8 Å². The highest BCUT2D eigenvalue weighted by Crippen LogP contribution is 2.41. The summed E-state index contributed by atoms with van der Waals surface area (Å²) in [5.74, 6) is 2.84. The molecule has 0 aliphatic heterocycles. The normalized spacial score (nSPS) is 25.3. The highest BCUT2D eigenvalue weighted by Gasteiger charge is 2.35. The van der Waals surface area contributed by atoms with E-state index in [1.54, 1.807) is 19.1 Å². The van der Waals surface area contributed by atoms with Gasteiger partial charge in [-0.2, -0.15) is 8.78 Å². The van der Waals surface area contributed by atoms with Gasteiger partial charge in [0.05, 0.1) is 11.7 Å². The lowest BCUT2D eigenvalue weighted by molar-refractivity contribution is -0.272. The monoisotopic (exact) mass is 524 g/mol. The molecule has 2 aliphatic carbocycles. The van der Waals surface area contributed by atoms with E-state index in [2.05, 4.69) is 26.0 Å². The SMILES string of the molecule is CCCCCC1CCC(c2ccc(C(F)(F)OC(C)c3ccc(C4CCC(CCC)CC4)cc3)cc2)CC1. The molecule has 2 aromatic carbocycles. The largest absolute Gasteiger partial charge is 0.383 e. The molecule has 0 saturated heterocycles. The lowest BCUT2D eigenvalue weighted by atomic mass is 9.77. The van der Waals surface area contributed by atoms with Crippen LogP contribution in [0.15, 0.2) is 48.5 Å². The molecule has 1 nitrogen and oxygen atoms in total. The summed E-state index contributed by atoms with van der Waals surface area (Å²) in [6.45, 7) is 6.26. The van der Waals surface area contributed by atoms with Crippen LogP contribution < -0.4 is 0 Å². The third kappa shape index (κ3) is 7.90.